The minimum absolute atomic E-state index is 0.161. The molecule has 1 aromatic rings. The molecule has 2 rings (SSSR count). The van der Waals surface area contributed by atoms with Crippen LogP contribution in [0.1, 0.15) is 18.4 Å². The molecule has 25 heavy (non-hydrogen) atoms. The Morgan fingerprint density at radius 2 is 2.36 bits per heavy atom. The Bertz CT molecular complexity index is 670. The number of aliphatic imine (C=N–C) groups is 1. The fourth-order valence-corrected chi connectivity index (χ4v) is 3.16. The Balaban J connectivity index is 2.29. The van der Waals surface area contributed by atoms with E-state index in [1.54, 1.807) is 13.3 Å². The molecule has 0 aromatic carbocycles. The van der Waals surface area contributed by atoms with Gasteiger partial charge in [-0.1, -0.05) is 6.92 Å². The van der Waals surface area contributed by atoms with Gasteiger partial charge in [-0.15, -0.1) is 11.3 Å². The summed E-state index contributed by atoms with van der Waals surface area (Å²) in [7, 11) is 1.63. The van der Waals surface area contributed by atoms with Crippen LogP contribution in [-0.2, 0) is 4.74 Å². The molecular weight excluding hydrogens is 348 g/mol. The predicted octanol–water partition coefficient (Wildman–Crippen LogP) is 2.86. The molecule has 0 fully saturated rings. The molecule has 0 radical (unpaired) electrons. The summed E-state index contributed by atoms with van der Waals surface area (Å²) in [5.74, 6) is 0.759. The molecule has 0 bridgehead atoms. The monoisotopic (exact) mass is 369 g/mol. The molecule has 6 nitrogen and oxygen atoms in total. The third-order valence-electron chi connectivity index (χ3n) is 3.59. The van der Waals surface area contributed by atoms with Crippen molar-refractivity contribution in [3.05, 3.63) is 40.1 Å². The predicted molar refractivity (Wildman–Crippen MR) is 95.4 cm³/mol. The van der Waals surface area contributed by atoms with Gasteiger partial charge in [0.1, 0.15) is 0 Å². The zero-order valence-corrected chi connectivity index (χ0v) is 14.9. The summed E-state index contributed by atoms with van der Waals surface area (Å²) in [6, 6.07) is 0. The number of allylic oxidation sites excluding steroid dienone is 2. The zero-order valence-electron chi connectivity index (χ0n) is 14.1. The third-order valence-corrected chi connectivity index (χ3v) is 4.36. The van der Waals surface area contributed by atoms with E-state index >= 15 is 0 Å². The Hall–Kier alpha value is -2.13. The minimum Gasteiger partial charge on any atom is -0.383 e. The van der Waals surface area contributed by atoms with Crippen LogP contribution in [0.15, 0.2) is 40.1 Å². The van der Waals surface area contributed by atoms with Gasteiger partial charge in [-0.05, 0) is 12.5 Å². The summed E-state index contributed by atoms with van der Waals surface area (Å²) in [6.45, 7) is 0.738. The number of hydrogen-bond donors (Lipinski definition) is 2. The number of rotatable bonds is 9. The average Bonchev–Trinajstić information content (AvgIpc) is 3.12. The lowest BCUT2D eigenvalue weighted by Gasteiger charge is -2.32. The standard InChI is InChI=1S/C16H21F2N5OS/c1-3-13-11(12(19)4-5-21-16(17)18)10-22-14(15-20-6-9-25-15)23(13)7-8-24-2/h4-6,9,16,19,21H,3,7-8,10H2,1-2H3/b5-4-,19-12?. The van der Waals surface area contributed by atoms with Gasteiger partial charge in [0.2, 0.25) is 0 Å². The minimum atomic E-state index is -2.65. The molecule has 0 unspecified atom stereocenters. The van der Waals surface area contributed by atoms with E-state index in [4.69, 9.17) is 10.1 Å². The van der Waals surface area contributed by atoms with Gasteiger partial charge in [-0.2, -0.15) is 8.78 Å². The van der Waals surface area contributed by atoms with E-state index < -0.39 is 6.55 Å². The average molecular weight is 369 g/mol. The second-order valence-corrected chi connectivity index (χ2v) is 6.01. The van der Waals surface area contributed by atoms with Gasteiger partial charge in [-0.3, -0.25) is 4.99 Å². The molecule has 0 aliphatic carbocycles. The normalized spacial score (nSPS) is 15.2. The molecule has 1 aliphatic rings. The van der Waals surface area contributed by atoms with Crippen molar-refractivity contribution >= 4 is 22.9 Å². The summed E-state index contributed by atoms with van der Waals surface area (Å²) < 4.78 is 29.6. The molecular formula is C16H21F2N5OS. The zero-order chi connectivity index (χ0) is 18.2. The summed E-state index contributed by atoms with van der Waals surface area (Å²) >= 11 is 1.50. The molecule has 9 heteroatoms. The molecule has 0 amide bonds. The highest BCUT2D eigenvalue weighted by molar-refractivity contribution is 7.11. The van der Waals surface area contributed by atoms with Crippen LogP contribution in [0.2, 0.25) is 0 Å². The van der Waals surface area contributed by atoms with Crippen LogP contribution in [-0.4, -0.2) is 54.8 Å². The van der Waals surface area contributed by atoms with Crippen LogP contribution in [0, 0.1) is 5.41 Å². The lowest BCUT2D eigenvalue weighted by Crippen LogP contribution is -2.38. The maximum absolute atomic E-state index is 12.2. The molecule has 1 aromatic heterocycles. The number of nitrogens with one attached hydrogen (secondary N) is 2. The van der Waals surface area contributed by atoms with Gasteiger partial charge in [-0.25, -0.2) is 4.98 Å². The number of thiazole rings is 1. The fourth-order valence-electron chi connectivity index (χ4n) is 2.51. The largest absolute Gasteiger partial charge is 0.383 e. The number of alkyl halides is 2. The van der Waals surface area contributed by atoms with Crippen molar-refractivity contribution in [2.75, 3.05) is 26.8 Å². The molecule has 0 spiro atoms. The molecule has 0 atom stereocenters. The van der Waals surface area contributed by atoms with Crippen molar-refractivity contribution in [3.8, 4) is 0 Å². The lowest BCUT2D eigenvalue weighted by atomic mass is 10.0. The summed E-state index contributed by atoms with van der Waals surface area (Å²) in [4.78, 5) is 10.9. The molecule has 0 saturated heterocycles. The Morgan fingerprint density at radius 1 is 1.56 bits per heavy atom. The van der Waals surface area contributed by atoms with Crippen LogP contribution in [0.25, 0.3) is 0 Å². The number of methoxy groups -OCH3 is 1. The van der Waals surface area contributed by atoms with Gasteiger partial charge in [0.25, 0.3) is 0 Å². The summed E-state index contributed by atoms with van der Waals surface area (Å²) in [5, 5.41) is 12.8. The first-order chi connectivity index (χ1) is 12.1. The van der Waals surface area contributed by atoms with E-state index in [9.17, 15) is 8.78 Å². The number of halogens is 2. The smallest absolute Gasteiger partial charge is 0.312 e. The quantitative estimate of drug-likeness (QED) is 0.519. The van der Waals surface area contributed by atoms with Gasteiger partial charge >= 0.3 is 6.55 Å². The Labute approximate surface area is 149 Å². The SMILES string of the molecule is CCC1=C(C(=N)/C=C\NC(F)F)CN=C(c2nccs2)N1CCOC. The van der Waals surface area contributed by atoms with Crippen LogP contribution in [0.5, 0.6) is 0 Å². The molecule has 1 aliphatic heterocycles. The topological polar surface area (TPSA) is 73.6 Å². The number of hydrogen-bond acceptors (Lipinski definition) is 7. The number of nitrogens with zero attached hydrogens (tertiary/aromatic N) is 3. The first-order valence-corrected chi connectivity index (χ1v) is 8.68. The summed E-state index contributed by atoms with van der Waals surface area (Å²) in [5.41, 5.74) is 1.81. The molecule has 2 N–H and O–H groups in total. The van der Waals surface area contributed by atoms with Gasteiger partial charge in [0.05, 0.1) is 18.9 Å². The Kier molecular flexibility index (Phi) is 7.20. The van der Waals surface area contributed by atoms with Crippen molar-refractivity contribution in [2.45, 2.75) is 19.9 Å². The maximum Gasteiger partial charge on any atom is 0.312 e. The van der Waals surface area contributed by atoms with Crippen molar-refractivity contribution in [1.29, 1.82) is 5.41 Å². The first-order valence-electron chi connectivity index (χ1n) is 7.81. The molecule has 136 valence electrons. The van der Waals surface area contributed by atoms with Crippen molar-refractivity contribution < 1.29 is 13.5 Å². The third kappa shape index (κ3) is 4.93. The van der Waals surface area contributed by atoms with Gasteiger partial charge in [0, 0.05) is 42.7 Å². The van der Waals surface area contributed by atoms with Crippen molar-refractivity contribution in [3.63, 3.8) is 0 Å². The second-order valence-electron chi connectivity index (χ2n) is 5.11. The van der Waals surface area contributed by atoms with E-state index in [0.29, 0.717) is 31.7 Å². The maximum atomic E-state index is 12.2. The van der Waals surface area contributed by atoms with Crippen molar-refractivity contribution in [1.82, 2.24) is 15.2 Å². The van der Waals surface area contributed by atoms with Crippen molar-refractivity contribution in [2.24, 2.45) is 4.99 Å². The molecule has 0 saturated carbocycles. The lowest BCUT2D eigenvalue weighted by molar-refractivity contribution is 0.125. The van der Waals surface area contributed by atoms with E-state index in [-0.39, 0.29) is 5.71 Å². The second kappa shape index (κ2) is 9.38. The van der Waals surface area contributed by atoms with Crippen LogP contribution >= 0.6 is 11.3 Å². The first kappa shape index (κ1) is 19.2. The summed E-state index contributed by atoms with van der Waals surface area (Å²) in [6.07, 6.45) is 4.83. The number of aromatic nitrogens is 1. The highest BCUT2D eigenvalue weighted by Gasteiger charge is 2.26. The number of amidine groups is 1. The Morgan fingerprint density at radius 3 is 2.96 bits per heavy atom. The van der Waals surface area contributed by atoms with E-state index in [1.807, 2.05) is 22.5 Å². The van der Waals surface area contributed by atoms with E-state index in [1.165, 1.54) is 17.4 Å². The fraction of sp³-hybridized carbons (Fsp3) is 0.438. The molecule has 2 heterocycles. The van der Waals surface area contributed by atoms with Crippen LogP contribution < -0.4 is 5.32 Å². The highest BCUT2D eigenvalue weighted by Crippen LogP contribution is 2.25. The van der Waals surface area contributed by atoms with E-state index in [2.05, 4.69) is 9.98 Å². The number of ether oxygens (including phenoxy) is 1. The van der Waals surface area contributed by atoms with Gasteiger partial charge < -0.3 is 20.4 Å². The van der Waals surface area contributed by atoms with E-state index in [0.717, 1.165) is 22.7 Å². The van der Waals surface area contributed by atoms with Gasteiger partial charge in [0.15, 0.2) is 10.8 Å². The van der Waals surface area contributed by atoms with Crippen LogP contribution in [0.4, 0.5) is 8.78 Å². The van der Waals surface area contributed by atoms with Crippen LogP contribution in [0.3, 0.4) is 0 Å². The highest BCUT2D eigenvalue weighted by atomic mass is 32.1.